The van der Waals surface area contributed by atoms with Crippen LogP contribution in [0.1, 0.15) is 36.1 Å². The van der Waals surface area contributed by atoms with E-state index in [0.29, 0.717) is 23.1 Å². The maximum atomic E-state index is 13.2. The number of esters is 1. The first-order valence-electron chi connectivity index (χ1n) is 10.3. The molecule has 0 spiro atoms. The number of rotatable bonds is 6. The highest BCUT2D eigenvalue weighted by molar-refractivity contribution is 6.00. The van der Waals surface area contributed by atoms with Crippen LogP contribution in [0.3, 0.4) is 0 Å². The van der Waals surface area contributed by atoms with Gasteiger partial charge in [0.25, 0.3) is 0 Å². The molecule has 0 aliphatic heterocycles. The van der Waals surface area contributed by atoms with Crippen LogP contribution in [0.4, 0.5) is 26.3 Å². The molecular weight excluding hydrogens is 476 g/mol. The standard InChI is InChI=1S/C24H19F6N3O2/c1-14(2)13-35-22(34)16(10-31)8-17-12-33(21-20(17)4-3-5-32-21)11-15-6-18(23(25,26)27)9-19(7-15)24(28,29)30/h3-9,12,14H,11,13H2,1-2H3/b16-8+. The summed E-state index contributed by atoms with van der Waals surface area (Å²) in [5.41, 5.74) is -2.83. The maximum absolute atomic E-state index is 13.2. The van der Waals surface area contributed by atoms with Gasteiger partial charge < -0.3 is 9.30 Å². The van der Waals surface area contributed by atoms with Gasteiger partial charge in [0.2, 0.25) is 0 Å². The van der Waals surface area contributed by atoms with Gasteiger partial charge in [0, 0.05) is 29.9 Å². The fraction of sp³-hybridized carbons (Fsp3) is 0.292. The molecule has 3 aromatic rings. The Morgan fingerprint density at radius 3 is 2.31 bits per heavy atom. The molecule has 0 unspecified atom stereocenters. The van der Waals surface area contributed by atoms with Gasteiger partial charge >= 0.3 is 18.3 Å². The Kier molecular flexibility index (Phi) is 7.24. The normalized spacial score (nSPS) is 12.7. The summed E-state index contributed by atoms with van der Waals surface area (Å²) in [7, 11) is 0. The molecule has 0 amide bonds. The third-order valence-electron chi connectivity index (χ3n) is 4.85. The molecule has 0 N–H and O–H groups in total. The molecule has 0 bridgehead atoms. The largest absolute Gasteiger partial charge is 0.461 e. The molecule has 2 aromatic heterocycles. The molecule has 0 fully saturated rings. The van der Waals surface area contributed by atoms with Crippen molar-refractivity contribution in [1.82, 2.24) is 9.55 Å². The number of fused-ring (bicyclic) bond motifs is 1. The van der Waals surface area contributed by atoms with Gasteiger partial charge in [-0.2, -0.15) is 31.6 Å². The zero-order chi connectivity index (χ0) is 26.0. The van der Waals surface area contributed by atoms with Crippen molar-refractivity contribution in [3.05, 3.63) is 70.6 Å². The van der Waals surface area contributed by atoms with Gasteiger partial charge in [-0.1, -0.05) is 13.8 Å². The smallest absolute Gasteiger partial charge is 0.416 e. The second-order valence-corrected chi connectivity index (χ2v) is 8.16. The minimum absolute atomic E-state index is 0.0408. The van der Waals surface area contributed by atoms with Gasteiger partial charge in [-0.3, -0.25) is 0 Å². The van der Waals surface area contributed by atoms with Crippen molar-refractivity contribution in [2.24, 2.45) is 5.92 Å². The summed E-state index contributed by atoms with van der Waals surface area (Å²) in [5, 5.41) is 9.84. The third-order valence-corrected chi connectivity index (χ3v) is 4.85. The highest BCUT2D eigenvalue weighted by atomic mass is 19.4. The minimum Gasteiger partial charge on any atom is -0.461 e. The average molecular weight is 495 g/mol. The fourth-order valence-corrected chi connectivity index (χ4v) is 3.31. The summed E-state index contributed by atoms with van der Waals surface area (Å²) in [6, 6.07) is 6.27. The van der Waals surface area contributed by atoms with Crippen molar-refractivity contribution in [2.45, 2.75) is 32.7 Å². The van der Waals surface area contributed by atoms with Crippen molar-refractivity contribution >= 4 is 23.1 Å². The lowest BCUT2D eigenvalue weighted by Gasteiger charge is -2.14. The highest BCUT2D eigenvalue weighted by Crippen LogP contribution is 2.36. The zero-order valence-electron chi connectivity index (χ0n) is 18.5. The molecule has 3 rings (SSSR count). The van der Waals surface area contributed by atoms with E-state index in [2.05, 4.69) is 4.98 Å². The molecule has 0 saturated carbocycles. The van der Waals surface area contributed by atoms with E-state index in [0.717, 1.165) is 0 Å². The fourth-order valence-electron chi connectivity index (χ4n) is 3.31. The Balaban J connectivity index is 2.07. The first kappa shape index (κ1) is 25.8. The molecule has 11 heteroatoms. The van der Waals surface area contributed by atoms with Crippen molar-refractivity contribution in [2.75, 3.05) is 6.61 Å². The lowest BCUT2D eigenvalue weighted by Crippen LogP contribution is -2.12. The van der Waals surface area contributed by atoms with E-state index in [1.54, 1.807) is 18.2 Å². The molecule has 184 valence electrons. The van der Waals surface area contributed by atoms with Crippen LogP contribution in [0.2, 0.25) is 0 Å². The summed E-state index contributed by atoms with van der Waals surface area (Å²) in [4.78, 5) is 16.4. The Morgan fingerprint density at radius 2 is 1.77 bits per heavy atom. The van der Waals surface area contributed by atoms with Crippen LogP contribution in [0.25, 0.3) is 17.1 Å². The van der Waals surface area contributed by atoms with Gasteiger partial charge in [-0.05, 0) is 47.9 Å². The van der Waals surface area contributed by atoms with E-state index in [9.17, 15) is 36.4 Å². The molecule has 1 aromatic carbocycles. The summed E-state index contributed by atoms with van der Waals surface area (Å²) in [6.45, 7) is 3.37. The third kappa shape index (κ3) is 6.20. The van der Waals surface area contributed by atoms with Crippen LogP contribution in [0.5, 0.6) is 0 Å². The van der Waals surface area contributed by atoms with Gasteiger partial charge in [0.15, 0.2) is 0 Å². The number of alkyl halides is 6. The van der Waals surface area contributed by atoms with Crippen LogP contribution in [0.15, 0.2) is 48.3 Å². The van der Waals surface area contributed by atoms with E-state index in [4.69, 9.17) is 4.74 Å². The number of ether oxygens (including phenoxy) is 1. The average Bonchev–Trinajstić information content (AvgIpc) is 3.11. The van der Waals surface area contributed by atoms with Crippen molar-refractivity contribution in [3.8, 4) is 6.07 Å². The summed E-state index contributed by atoms with van der Waals surface area (Å²) in [6.07, 6.45) is -5.89. The molecule has 35 heavy (non-hydrogen) atoms. The minimum atomic E-state index is -4.97. The second kappa shape index (κ2) is 9.82. The van der Waals surface area contributed by atoms with Crippen LogP contribution >= 0.6 is 0 Å². The van der Waals surface area contributed by atoms with Crippen molar-refractivity contribution in [1.29, 1.82) is 5.26 Å². The molecule has 0 aliphatic rings. The van der Waals surface area contributed by atoms with Gasteiger partial charge in [-0.25, -0.2) is 9.78 Å². The van der Waals surface area contributed by atoms with Crippen LogP contribution in [0, 0.1) is 17.2 Å². The van der Waals surface area contributed by atoms with E-state index in [-0.39, 0.29) is 41.9 Å². The lowest BCUT2D eigenvalue weighted by atomic mass is 10.0. The van der Waals surface area contributed by atoms with Crippen LogP contribution in [-0.4, -0.2) is 22.1 Å². The maximum Gasteiger partial charge on any atom is 0.416 e. The Bertz CT molecular complexity index is 1280. The molecular formula is C24H19F6N3O2. The van der Waals surface area contributed by atoms with E-state index < -0.39 is 29.4 Å². The Hall–Kier alpha value is -3.81. The van der Waals surface area contributed by atoms with Gasteiger partial charge in [0.05, 0.1) is 17.7 Å². The van der Waals surface area contributed by atoms with E-state index in [1.165, 1.54) is 23.0 Å². The summed E-state index contributed by atoms with van der Waals surface area (Å²) < 4.78 is 85.8. The number of benzene rings is 1. The predicted molar refractivity (Wildman–Crippen MR) is 115 cm³/mol. The second-order valence-electron chi connectivity index (χ2n) is 8.16. The zero-order valence-corrected chi connectivity index (χ0v) is 18.5. The Morgan fingerprint density at radius 1 is 1.14 bits per heavy atom. The number of carbonyl (C=O) groups excluding carboxylic acids is 1. The number of hydrogen-bond acceptors (Lipinski definition) is 4. The molecule has 0 atom stereocenters. The van der Waals surface area contributed by atoms with Crippen LogP contribution < -0.4 is 0 Å². The molecule has 2 heterocycles. The number of halogens is 6. The van der Waals surface area contributed by atoms with Crippen LogP contribution in [-0.2, 0) is 28.4 Å². The number of nitriles is 1. The van der Waals surface area contributed by atoms with Gasteiger partial charge in [-0.15, -0.1) is 0 Å². The lowest BCUT2D eigenvalue weighted by molar-refractivity contribution is -0.143. The predicted octanol–water partition coefficient (Wildman–Crippen LogP) is 6.23. The monoisotopic (exact) mass is 495 g/mol. The first-order valence-corrected chi connectivity index (χ1v) is 10.3. The number of nitrogens with zero attached hydrogens (tertiary/aromatic N) is 3. The van der Waals surface area contributed by atoms with E-state index in [1.807, 2.05) is 13.8 Å². The van der Waals surface area contributed by atoms with Crippen molar-refractivity contribution in [3.63, 3.8) is 0 Å². The molecule has 0 aliphatic carbocycles. The number of pyridine rings is 1. The van der Waals surface area contributed by atoms with E-state index >= 15 is 0 Å². The topological polar surface area (TPSA) is 67.9 Å². The van der Waals surface area contributed by atoms with Gasteiger partial charge in [0.1, 0.15) is 17.3 Å². The first-order chi connectivity index (χ1) is 16.3. The quantitative estimate of drug-likeness (QED) is 0.176. The molecule has 5 nitrogen and oxygen atoms in total. The summed E-state index contributed by atoms with van der Waals surface area (Å²) in [5.74, 6) is -0.808. The SMILES string of the molecule is CC(C)COC(=O)/C(C#N)=C/c1cn(Cc2cc(C(F)(F)F)cc(C(F)(F)F)c2)c2ncccc12. The molecule has 0 radical (unpaired) electrons. The molecule has 0 saturated heterocycles. The highest BCUT2D eigenvalue weighted by Gasteiger charge is 2.37. The Labute approximate surface area is 196 Å². The number of hydrogen-bond donors (Lipinski definition) is 0. The number of aromatic nitrogens is 2. The van der Waals surface area contributed by atoms with Crippen molar-refractivity contribution < 1.29 is 35.9 Å². The number of carbonyl (C=O) groups is 1. The summed E-state index contributed by atoms with van der Waals surface area (Å²) >= 11 is 0.